The number of nitrogens with zero attached hydrogens (tertiary/aromatic N) is 3. The van der Waals surface area contributed by atoms with Crippen molar-refractivity contribution in [3.63, 3.8) is 0 Å². The highest BCUT2D eigenvalue weighted by Crippen LogP contribution is 2.38. The molecule has 0 aliphatic rings. The smallest absolute Gasteiger partial charge is 0.321 e. The number of aromatic nitrogens is 2. The first-order chi connectivity index (χ1) is 10.9. The van der Waals surface area contributed by atoms with Gasteiger partial charge in [0.1, 0.15) is 0 Å². The summed E-state index contributed by atoms with van der Waals surface area (Å²) in [6.07, 6.45) is 0. The monoisotopic (exact) mass is 465 g/mol. The Bertz CT molecular complexity index is 850. The highest BCUT2D eigenvalue weighted by Gasteiger charge is 2.29. The van der Waals surface area contributed by atoms with Crippen LogP contribution >= 0.6 is 45.5 Å². The van der Waals surface area contributed by atoms with Gasteiger partial charge in [-0.1, -0.05) is 24.3 Å². The van der Waals surface area contributed by atoms with Crippen LogP contribution in [0.2, 0.25) is 5.28 Å². The Labute approximate surface area is 154 Å². The molecular formula is C15H11ClF2IN3S. The maximum Gasteiger partial charge on any atom is 0.321 e. The number of alkyl halides is 3. The second-order valence-corrected chi connectivity index (χ2v) is 7.57. The summed E-state index contributed by atoms with van der Waals surface area (Å²) in [5.41, 5.74) is 1.31. The summed E-state index contributed by atoms with van der Waals surface area (Å²) in [4.78, 5) is 10.2. The van der Waals surface area contributed by atoms with Gasteiger partial charge < -0.3 is 4.90 Å². The summed E-state index contributed by atoms with van der Waals surface area (Å²) in [6, 6.07) is 8.38. The Morgan fingerprint density at radius 3 is 2.74 bits per heavy atom. The van der Waals surface area contributed by atoms with E-state index in [1.807, 2.05) is 16.3 Å². The molecule has 23 heavy (non-hydrogen) atoms. The number of rotatable bonds is 4. The van der Waals surface area contributed by atoms with Gasteiger partial charge in [-0.2, -0.15) is 13.8 Å². The first-order valence-corrected chi connectivity index (χ1v) is 8.97. The van der Waals surface area contributed by atoms with E-state index >= 15 is 0 Å². The second kappa shape index (κ2) is 6.45. The topological polar surface area (TPSA) is 29.0 Å². The van der Waals surface area contributed by atoms with Crippen molar-refractivity contribution in [1.29, 1.82) is 0 Å². The van der Waals surface area contributed by atoms with Gasteiger partial charge in [-0.25, -0.2) is 4.98 Å². The maximum absolute atomic E-state index is 13.8. The van der Waals surface area contributed by atoms with E-state index in [0.29, 0.717) is 17.9 Å². The van der Waals surface area contributed by atoms with Crippen molar-refractivity contribution in [3.8, 4) is 0 Å². The van der Waals surface area contributed by atoms with Gasteiger partial charge in [-0.3, -0.25) is 0 Å². The zero-order valence-corrected chi connectivity index (χ0v) is 15.7. The van der Waals surface area contributed by atoms with E-state index in [1.165, 1.54) is 17.4 Å². The van der Waals surface area contributed by atoms with Crippen LogP contribution in [-0.4, -0.2) is 17.0 Å². The summed E-state index contributed by atoms with van der Waals surface area (Å²) < 4.78 is 25.5. The van der Waals surface area contributed by atoms with E-state index in [0.717, 1.165) is 32.8 Å². The van der Waals surface area contributed by atoms with Gasteiger partial charge in [0.05, 0.1) is 10.2 Å². The molecule has 2 aromatic heterocycles. The van der Waals surface area contributed by atoms with Crippen molar-refractivity contribution >= 4 is 61.6 Å². The highest BCUT2D eigenvalue weighted by molar-refractivity contribution is 14.1. The Morgan fingerprint density at radius 1 is 1.26 bits per heavy atom. The fraction of sp³-hybridized carbons (Fsp3) is 0.200. The van der Waals surface area contributed by atoms with Gasteiger partial charge >= 0.3 is 3.93 Å². The normalized spacial score (nSPS) is 11.9. The molecule has 0 unspecified atom stereocenters. The highest BCUT2D eigenvalue weighted by atomic mass is 127. The van der Waals surface area contributed by atoms with Gasteiger partial charge in [-0.05, 0) is 28.6 Å². The average Bonchev–Trinajstić information content (AvgIpc) is 2.93. The second-order valence-electron chi connectivity index (χ2n) is 4.96. The van der Waals surface area contributed by atoms with Crippen molar-refractivity contribution in [3.05, 3.63) is 52.1 Å². The lowest BCUT2D eigenvalue weighted by Gasteiger charge is -2.22. The predicted octanol–water partition coefficient (Wildman–Crippen LogP) is 5.47. The van der Waals surface area contributed by atoms with Gasteiger partial charge in [0.25, 0.3) is 0 Å². The molecule has 0 saturated carbocycles. The molecule has 0 aliphatic carbocycles. The zero-order valence-electron chi connectivity index (χ0n) is 11.9. The average molecular weight is 466 g/mol. The summed E-state index contributed by atoms with van der Waals surface area (Å²) in [7, 11) is 1.81. The first kappa shape index (κ1) is 16.8. The van der Waals surface area contributed by atoms with E-state index in [2.05, 4.69) is 9.97 Å². The van der Waals surface area contributed by atoms with Crippen molar-refractivity contribution in [1.82, 2.24) is 9.97 Å². The van der Waals surface area contributed by atoms with E-state index in [1.54, 1.807) is 25.2 Å². The molecule has 0 amide bonds. The van der Waals surface area contributed by atoms with Crippen LogP contribution in [0.1, 0.15) is 11.1 Å². The SMILES string of the molecule is CN(Cc1ccccc1C(F)(F)I)c1nc(Cl)nc2ccsc12. The molecule has 0 radical (unpaired) electrons. The Kier molecular flexibility index (Phi) is 4.70. The van der Waals surface area contributed by atoms with Crippen molar-refractivity contribution in [2.24, 2.45) is 0 Å². The minimum absolute atomic E-state index is 0.00928. The summed E-state index contributed by atoms with van der Waals surface area (Å²) in [5, 5.41) is 2.05. The molecule has 120 valence electrons. The molecule has 0 fully saturated rings. The van der Waals surface area contributed by atoms with Crippen LogP contribution in [-0.2, 0) is 10.5 Å². The number of halogens is 4. The van der Waals surface area contributed by atoms with Crippen molar-refractivity contribution in [2.75, 3.05) is 11.9 Å². The standard InChI is InChI=1S/C15H11ClF2IN3S/c1-22(8-9-4-2-3-5-10(9)15(17,18)19)13-12-11(6-7-23-12)20-14(16)21-13/h2-7H,8H2,1H3. The molecule has 8 heteroatoms. The predicted molar refractivity (Wildman–Crippen MR) is 98.9 cm³/mol. The number of benzene rings is 1. The quantitative estimate of drug-likeness (QED) is 0.291. The van der Waals surface area contributed by atoms with E-state index < -0.39 is 3.93 Å². The number of fused-ring (bicyclic) bond motifs is 1. The molecule has 0 bridgehead atoms. The number of hydrogen-bond acceptors (Lipinski definition) is 4. The van der Waals surface area contributed by atoms with Crippen LogP contribution in [0, 0.1) is 0 Å². The van der Waals surface area contributed by atoms with Crippen LogP contribution < -0.4 is 4.90 Å². The summed E-state index contributed by atoms with van der Waals surface area (Å²) in [5.74, 6) is 0.640. The molecule has 0 spiro atoms. The number of anilines is 1. The molecule has 3 rings (SSSR count). The minimum atomic E-state index is -2.92. The fourth-order valence-electron chi connectivity index (χ4n) is 2.34. The molecule has 0 aliphatic heterocycles. The molecule has 3 aromatic rings. The third-order valence-electron chi connectivity index (χ3n) is 3.35. The van der Waals surface area contributed by atoms with Gasteiger partial charge in [0.15, 0.2) is 5.82 Å². The van der Waals surface area contributed by atoms with Crippen LogP contribution in [0.3, 0.4) is 0 Å². The van der Waals surface area contributed by atoms with Crippen molar-refractivity contribution < 1.29 is 8.78 Å². The first-order valence-electron chi connectivity index (χ1n) is 6.63. The molecular weight excluding hydrogens is 455 g/mol. The van der Waals surface area contributed by atoms with Gasteiger partial charge in [0.2, 0.25) is 5.28 Å². The lowest BCUT2D eigenvalue weighted by molar-refractivity contribution is 0.126. The molecule has 0 atom stereocenters. The minimum Gasteiger partial charge on any atom is -0.354 e. The Balaban J connectivity index is 1.99. The van der Waals surface area contributed by atoms with Gasteiger partial charge in [0, 0.05) is 41.7 Å². The summed E-state index contributed by atoms with van der Waals surface area (Å²) in [6.45, 7) is 0.301. The molecule has 3 nitrogen and oxygen atoms in total. The molecule has 0 saturated heterocycles. The largest absolute Gasteiger partial charge is 0.354 e. The lowest BCUT2D eigenvalue weighted by Crippen LogP contribution is -2.20. The van der Waals surface area contributed by atoms with Gasteiger partial charge in [-0.15, -0.1) is 11.3 Å². The maximum atomic E-state index is 13.8. The number of thiophene rings is 1. The van der Waals surface area contributed by atoms with Crippen LogP contribution in [0.4, 0.5) is 14.6 Å². The Morgan fingerprint density at radius 2 is 2.00 bits per heavy atom. The third-order valence-corrected chi connectivity index (χ3v) is 5.00. The summed E-state index contributed by atoms with van der Waals surface area (Å²) >= 11 is 8.61. The van der Waals surface area contributed by atoms with Crippen LogP contribution in [0.15, 0.2) is 35.7 Å². The lowest BCUT2D eigenvalue weighted by atomic mass is 10.1. The molecule has 0 N–H and O–H groups in total. The van der Waals surface area contributed by atoms with Crippen LogP contribution in [0.5, 0.6) is 0 Å². The van der Waals surface area contributed by atoms with E-state index in [9.17, 15) is 8.78 Å². The fourth-order valence-corrected chi connectivity index (χ4v) is 3.92. The van der Waals surface area contributed by atoms with E-state index in [-0.39, 0.29) is 10.8 Å². The molecule has 2 heterocycles. The van der Waals surface area contributed by atoms with Crippen LogP contribution in [0.25, 0.3) is 10.2 Å². The van der Waals surface area contributed by atoms with E-state index in [4.69, 9.17) is 11.6 Å². The Hall–Kier alpha value is -1.06. The molecule has 1 aromatic carbocycles. The van der Waals surface area contributed by atoms with Crippen molar-refractivity contribution in [2.45, 2.75) is 10.5 Å². The zero-order chi connectivity index (χ0) is 16.6. The number of hydrogen-bond donors (Lipinski definition) is 0. The third kappa shape index (κ3) is 3.56.